The van der Waals surface area contributed by atoms with Crippen molar-refractivity contribution in [2.75, 3.05) is 49.3 Å². The van der Waals surface area contributed by atoms with Crippen LogP contribution in [0.2, 0.25) is 0 Å². The summed E-state index contributed by atoms with van der Waals surface area (Å²) in [5.74, 6) is 1.81. The Morgan fingerprint density at radius 1 is 1.06 bits per heavy atom. The minimum absolute atomic E-state index is 0.252. The van der Waals surface area contributed by atoms with Gasteiger partial charge in [-0.3, -0.25) is 0 Å². The molecule has 2 aromatic carbocycles. The Kier molecular flexibility index (Phi) is 4.99. The first kappa shape index (κ1) is 19.3. The van der Waals surface area contributed by atoms with Crippen molar-refractivity contribution in [3.63, 3.8) is 0 Å². The number of hydrogen-bond donors (Lipinski definition) is 1. The molecule has 0 aliphatic carbocycles. The molecule has 1 atom stereocenters. The predicted molar refractivity (Wildman–Crippen MR) is 125 cm³/mol. The molecule has 1 N–H and O–H groups in total. The third-order valence-electron chi connectivity index (χ3n) is 6.48. The van der Waals surface area contributed by atoms with E-state index in [0.29, 0.717) is 6.61 Å². The number of ether oxygens (including phenoxy) is 2. The molecule has 0 spiro atoms. The molecule has 1 unspecified atom stereocenters. The number of benzene rings is 2. The number of imidazole rings is 1. The van der Waals surface area contributed by atoms with Gasteiger partial charge in [-0.15, -0.1) is 0 Å². The predicted octanol–water partition coefficient (Wildman–Crippen LogP) is 3.39. The second kappa shape index (κ2) is 8.27. The summed E-state index contributed by atoms with van der Waals surface area (Å²) in [5.41, 5.74) is 2.81. The molecule has 0 amide bonds. The van der Waals surface area contributed by atoms with Crippen LogP contribution in [0.15, 0.2) is 49.1 Å². The Morgan fingerprint density at radius 3 is 2.94 bits per heavy atom. The normalized spacial score (nSPS) is 19.2. The average molecular weight is 431 g/mol. The molecule has 2 fully saturated rings. The first-order chi connectivity index (χ1) is 15.9. The fourth-order valence-corrected chi connectivity index (χ4v) is 4.81. The number of nitrogens with zero attached hydrogens (tertiary/aromatic N) is 5. The van der Waals surface area contributed by atoms with Crippen molar-refractivity contribution in [2.45, 2.75) is 18.9 Å². The van der Waals surface area contributed by atoms with Crippen LogP contribution in [0.4, 0.5) is 11.5 Å². The van der Waals surface area contributed by atoms with Crippen LogP contribution in [0.5, 0.6) is 5.75 Å². The topological polar surface area (TPSA) is 79.4 Å². The van der Waals surface area contributed by atoms with E-state index in [4.69, 9.17) is 9.47 Å². The Morgan fingerprint density at radius 2 is 2.00 bits per heavy atom. The van der Waals surface area contributed by atoms with Gasteiger partial charge in [0.15, 0.2) is 11.5 Å². The molecule has 0 saturated carbocycles. The SMILES string of the molecule is c1cc(OCC2CCCN2c2ncnc3[nH]cnc23)c2cc(N3CCOCC3)ccc2c1. The number of morpholine rings is 1. The van der Waals surface area contributed by atoms with Crippen molar-refractivity contribution in [3.8, 4) is 5.75 Å². The highest BCUT2D eigenvalue weighted by atomic mass is 16.5. The fraction of sp³-hybridized carbons (Fsp3) is 0.375. The van der Waals surface area contributed by atoms with Crippen molar-refractivity contribution >= 4 is 33.4 Å². The molecule has 2 aromatic heterocycles. The van der Waals surface area contributed by atoms with Crippen LogP contribution >= 0.6 is 0 Å². The molecule has 2 aliphatic heterocycles. The first-order valence-corrected chi connectivity index (χ1v) is 11.3. The Bertz CT molecular complexity index is 1240. The zero-order chi connectivity index (χ0) is 21.3. The molecule has 8 heteroatoms. The highest BCUT2D eigenvalue weighted by molar-refractivity contribution is 5.91. The highest BCUT2D eigenvalue weighted by Crippen LogP contribution is 2.32. The van der Waals surface area contributed by atoms with Crippen molar-refractivity contribution in [1.82, 2.24) is 19.9 Å². The minimum atomic E-state index is 0.252. The van der Waals surface area contributed by atoms with E-state index in [9.17, 15) is 0 Å². The number of H-pyrrole nitrogens is 1. The molecule has 2 aliphatic rings. The summed E-state index contributed by atoms with van der Waals surface area (Å²) < 4.78 is 11.9. The average Bonchev–Trinajstić information content (AvgIpc) is 3.52. The lowest BCUT2D eigenvalue weighted by molar-refractivity contribution is 0.122. The molecule has 0 radical (unpaired) electrons. The van der Waals surface area contributed by atoms with Gasteiger partial charge in [0.05, 0.1) is 25.6 Å². The number of aromatic nitrogens is 4. The van der Waals surface area contributed by atoms with E-state index in [-0.39, 0.29) is 6.04 Å². The summed E-state index contributed by atoms with van der Waals surface area (Å²) in [7, 11) is 0. The van der Waals surface area contributed by atoms with Crippen LogP contribution in [0, 0.1) is 0 Å². The standard InChI is InChI=1S/C24H26N6O2/c1-3-17-6-7-18(29-9-11-31-12-10-29)13-20(17)21(5-1)32-14-19-4-2-8-30(19)24-22-23(26-15-25-22)27-16-28-24/h1,3,5-7,13,15-16,19H,2,4,8-12,14H2,(H,25,26,27,28). The molecular weight excluding hydrogens is 404 g/mol. The number of hydrogen-bond acceptors (Lipinski definition) is 7. The van der Waals surface area contributed by atoms with Crippen molar-refractivity contribution in [1.29, 1.82) is 0 Å². The number of fused-ring (bicyclic) bond motifs is 2. The maximum atomic E-state index is 6.43. The van der Waals surface area contributed by atoms with Gasteiger partial charge in [-0.1, -0.05) is 18.2 Å². The highest BCUT2D eigenvalue weighted by Gasteiger charge is 2.28. The third-order valence-corrected chi connectivity index (χ3v) is 6.48. The maximum Gasteiger partial charge on any atom is 0.162 e. The largest absolute Gasteiger partial charge is 0.491 e. The molecule has 2 saturated heterocycles. The summed E-state index contributed by atoms with van der Waals surface area (Å²) in [6, 6.07) is 13.2. The van der Waals surface area contributed by atoms with Crippen molar-refractivity contribution < 1.29 is 9.47 Å². The van der Waals surface area contributed by atoms with E-state index in [1.54, 1.807) is 12.7 Å². The molecule has 6 rings (SSSR count). The van der Waals surface area contributed by atoms with Crippen LogP contribution in [0.1, 0.15) is 12.8 Å². The summed E-state index contributed by atoms with van der Waals surface area (Å²) in [5, 5.41) is 2.34. The Balaban J connectivity index is 1.25. The van der Waals surface area contributed by atoms with Crippen LogP contribution < -0.4 is 14.5 Å². The molecule has 4 aromatic rings. The van der Waals surface area contributed by atoms with Gasteiger partial charge < -0.3 is 24.3 Å². The van der Waals surface area contributed by atoms with E-state index in [1.807, 2.05) is 0 Å². The molecule has 32 heavy (non-hydrogen) atoms. The lowest BCUT2D eigenvalue weighted by Gasteiger charge is -2.29. The van der Waals surface area contributed by atoms with E-state index in [0.717, 1.165) is 73.8 Å². The Hall–Kier alpha value is -3.39. The monoisotopic (exact) mass is 430 g/mol. The van der Waals surface area contributed by atoms with Gasteiger partial charge in [0.1, 0.15) is 24.2 Å². The number of anilines is 2. The van der Waals surface area contributed by atoms with Gasteiger partial charge in [-0.05, 0) is 36.4 Å². The number of nitrogens with one attached hydrogen (secondary N) is 1. The van der Waals surface area contributed by atoms with Gasteiger partial charge in [0.2, 0.25) is 0 Å². The lowest BCUT2D eigenvalue weighted by Crippen LogP contribution is -2.36. The smallest absolute Gasteiger partial charge is 0.162 e. The van der Waals surface area contributed by atoms with Gasteiger partial charge in [0.25, 0.3) is 0 Å². The Labute approximate surface area is 186 Å². The van der Waals surface area contributed by atoms with Gasteiger partial charge in [-0.25, -0.2) is 15.0 Å². The summed E-state index contributed by atoms with van der Waals surface area (Å²) in [6.07, 6.45) is 5.46. The van der Waals surface area contributed by atoms with Gasteiger partial charge in [-0.2, -0.15) is 0 Å². The van der Waals surface area contributed by atoms with Gasteiger partial charge >= 0.3 is 0 Å². The lowest BCUT2D eigenvalue weighted by atomic mass is 10.1. The van der Waals surface area contributed by atoms with Crippen LogP contribution in [-0.4, -0.2) is 65.4 Å². The first-order valence-electron chi connectivity index (χ1n) is 11.3. The van der Waals surface area contributed by atoms with E-state index in [1.165, 1.54) is 11.1 Å². The molecule has 164 valence electrons. The summed E-state index contributed by atoms with van der Waals surface area (Å²) in [6.45, 7) is 4.96. The van der Waals surface area contributed by atoms with Crippen LogP contribution in [-0.2, 0) is 4.74 Å². The number of rotatable bonds is 5. The van der Waals surface area contributed by atoms with Gasteiger partial charge in [0, 0.05) is 30.7 Å². The van der Waals surface area contributed by atoms with Crippen LogP contribution in [0.3, 0.4) is 0 Å². The molecular formula is C24H26N6O2. The quantitative estimate of drug-likeness (QED) is 0.520. The van der Waals surface area contributed by atoms with Crippen molar-refractivity contribution in [2.24, 2.45) is 0 Å². The second-order valence-electron chi connectivity index (χ2n) is 8.36. The zero-order valence-corrected chi connectivity index (χ0v) is 17.9. The van der Waals surface area contributed by atoms with E-state index >= 15 is 0 Å². The maximum absolute atomic E-state index is 6.43. The second-order valence-corrected chi connectivity index (χ2v) is 8.36. The van der Waals surface area contributed by atoms with Crippen LogP contribution in [0.25, 0.3) is 21.9 Å². The molecule has 0 bridgehead atoms. The third kappa shape index (κ3) is 3.50. The summed E-state index contributed by atoms with van der Waals surface area (Å²) in [4.78, 5) is 21.0. The van der Waals surface area contributed by atoms with E-state index in [2.05, 4.69) is 66.1 Å². The zero-order valence-electron chi connectivity index (χ0n) is 17.9. The minimum Gasteiger partial charge on any atom is -0.491 e. The molecule has 4 heterocycles. The molecule has 8 nitrogen and oxygen atoms in total. The fourth-order valence-electron chi connectivity index (χ4n) is 4.81. The number of aromatic amines is 1. The van der Waals surface area contributed by atoms with E-state index < -0.39 is 0 Å². The van der Waals surface area contributed by atoms with Crippen molar-refractivity contribution in [3.05, 3.63) is 49.1 Å². The summed E-state index contributed by atoms with van der Waals surface area (Å²) >= 11 is 0.